The SMILES string of the molecule is CN(CC(=O)N1CCCCC1C(=O)NC1=CC=C(c2ccccc2)C(Cl)(OC(F)(F)F)C1)C(=O)OC(C)(C)C. The van der Waals surface area contributed by atoms with Gasteiger partial charge < -0.3 is 19.9 Å². The highest BCUT2D eigenvalue weighted by Crippen LogP contribution is 2.45. The molecule has 1 N–H and O–H groups in total. The minimum Gasteiger partial charge on any atom is -0.444 e. The van der Waals surface area contributed by atoms with E-state index < -0.39 is 47.4 Å². The number of rotatable bonds is 6. The van der Waals surface area contributed by atoms with Crippen LogP contribution in [-0.4, -0.2) is 70.9 Å². The molecular formula is C27H33ClF3N3O5. The number of likely N-dealkylation sites (tertiary alicyclic amines) is 1. The van der Waals surface area contributed by atoms with Crippen LogP contribution >= 0.6 is 11.6 Å². The first-order chi connectivity index (χ1) is 18.1. The Balaban J connectivity index is 1.76. The minimum absolute atomic E-state index is 0.0970. The number of alkyl halides is 4. The van der Waals surface area contributed by atoms with Gasteiger partial charge in [0.2, 0.25) is 11.8 Å². The molecule has 3 rings (SSSR count). The third-order valence-corrected chi connectivity index (χ3v) is 6.54. The summed E-state index contributed by atoms with van der Waals surface area (Å²) in [5.74, 6) is -1.00. The van der Waals surface area contributed by atoms with Gasteiger partial charge in [-0.15, -0.1) is 13.2 Å². The fourth-order valence-electron chi connectivity index (χ4n) is 4.44. The van der Waals surface area contributed by atoms with Crippen LogP contribution in [0.1, 0.15) is 52.0 Å². The standard InChI is InChI=1S/C27H33ClF3N3O5/c1-25(2,3)38-24(37)33(4)17-22(35)34-15-9-8-12-21(34)23(36)32-19-13-14-20(18-10-6-5-7-11-18)26(28,16-19)39-27(29,30)31/h5-7,10-11,13-14,21H,8-9,12,15-17H2,1-4H3,(H,32,36). The topological polar surface area (TPSA) is 88.2 Å². The van der Waals surface area contributed by atoms with E-state index in [4.69, 9.17) is 16.3 Å². The van der Waals surface area contributed by atoms with Crippen molar-refractivity contribution in [2.75, 3.05) is 20.1 Å². The number of ether oxygens (including phenoxy) is 2. The van der Waals surface area contributed by atoms with Crippen LogP contribution in [0.5, 0.6) is 0 Å². The van der Waals surface area contributed by atoms with Gasteiger partial charge in [0.1, 0.15) is 18.2 Å². The molecule has 12 heteroatoms. The predicted octanol–water partition coefficient (Wildman–Crippen LogP) is 5.19. The summed E-state index contributed by atoms with van der Waals surface area (Å²) >= 11 is 6.42. The Bertz CT molecular complexity index is 1130. The molecule has 0 saturated carbocycles. The summed E-state index contributed by atoms with van der Waals surface area (Å²) in [6.45, 7) is 5.12. The fraction of sp³-hybridized carbons (Fsp3) is 0.519. The number of carbonyl (C=O) groups excluding carboxylic acids is 3. The van der Waals surface area contributed by atoms with Gasteiger partial charge in [-0.05, 0) is 51.7 Å². The summed E-state index contributed by atoms with van der Waals surface area (Å²) in [6, 6.07) is 7.40. The van der Waals surface area contributed by atoms with Gasteiger partial charge in [0.15, 0.2) is 5.06 Å². The number of halogens is 4. The molecule has 1 aromatic rings. The number of hydrogen-bond acceptors (Lipinski definition) is 5. The number of nitrogens with one attached hydrogen (secondary N) is 1. The van der Waals surface area contributed by atoms with Crippen molar-refractivity contribution in [1.29, 1.82) is 0 Å². The van der Waals surface area contributed by atoms with E-state index in [9.17, 15) is 27.6 Å². The predicted molar refractivity (Wildman–Crippen MR) is 139 cm³/mol. The monoisotopic (exact) mass is 571 g/mol. The van der Waals surface area contributed by atoms with Gasteiger partial charge in [-0.3, -0.25) is 14.3 Å². The first-order valence-corrected chi connectivity index (χ1v) is 12.9. The molecule has 3 amide bonds. The number of hydrogen-bond donors (Lipinski definition) is 1. The van der Waals surface area contributed by atoms with Gasteiger partial charge in [-0.1, -0.05) is 48.0 Å². The molecule has 8 nitrogen and oxygen atoms in total. The molecule has 1 aromatic carbocycles. The number of piperidine rings is 1. The number of benzene rings is 1. The summed E-state index contributed by atoms with van der Waals surface area (Å²) in [5, 5.41) is 0.330. The van der Waals surface area contributed by atoms with Crippen LogP contribution in [0.15, 0.2) is 48.2 Å². The lowest BCUT2D eigenvalue weighted by molar-refractivity contribution is -0.342. The van der Waals surface area contributed by atoms with Crippen molar-refractivity contribution >= 4 is 35.1 Å². The molecule has 0 bridgehead atoms. The third-order valence-electron chi connectivity index (χ3n) is 6.12. The molecular weight excluding hydrogens is 539 g/mol. The van der Waals surface area contributed by atoms with E-state index in [-0.39, 0.29) is 17.8 Å². The van der Waals surface area contributed by atoms with Crippen LogP contribution in [0, 0.1) is 0 Å². The zero-order valence-electron chi connectivity index (χ0n) is 22.3. The summed E-state index contributed by atoms with van der Waals surface area (Å²) in [4.78, 5) is 41.1. The Labute approximate surface area is 230 Å². The van der Waals surface area contributed by atoms with Crippen molar-refractivity contribution in [3.8, 4) is 0 Å². The molecule has 1 saturated heterocycles. The molecule has 1 fully saturated rings. The van der Waals surface area contributed by atoms with Crippen LogP contribution < -0.4 is 5.32 Å². The summed E-state index contributed by atoms with van der Waals surface area (Å²) in [6.07, 6.45) is -1.61. The lowest BCUT2D eigenvalue weighted by atomic mass is 9.92. The molecule has 0 spiro atoms. The average molecular weight is 572 g/mol. The molecule has 39 heavy (non-hydrogen) atoms. The molecule has 2 aliphatic rings. The zero-order valence-corrected chi connectivity index (χ0v) is 23.1. The smallest absolute Gasteiger partial charge is 0.444 e. The van der Waals surface area contributed by atoms with Gasteiger partial charge in [0, 0.05) is 31.3 Å². The maximum atomic E-state index is 13.3. The van der Waals surface area contributed by atoms with Crippen molar-refractivity contribution in [3.05, 3.63) is 53.7 Å². The highest BCUT2D eigenvalue weighted by Gasteiger charge is 2.47. The van der Waals surface area contributed by atoms with E-state index in [0.29, 0.717) is 31.4 Å². The van der Waals surface area contributed by atoms with E-state index in [1.165, 1.54) is 24.1 Å². The van der Waals surface area contributed by atoms with Crippen molar-refractivity contribution in [1.82, 2.24) is 15.1 Å². The Kier molecular flexibility index (Phi) is 9.38. The lowest BCUT2D eigenvalue weighted by Gasteiger charge is -2.37. The fourth-order valence-corrected chi connectivity index (χ4v) is 4.84. The molecule has 1 aliphatic carbocycles. The number of likely N-dealkylation sites (N-methyl/N-ethyl adjacent to an activating group) is 1. The van der Waals surface area contributed by atoms with E-state index in [1.54, 1.807) is 51.1 Å². The molecule has 214 valence electrons. The van der Waals surface area contributed by atoms with Crippen molar-refractivity contribution in [3.63, 3.8) is 0 Å². The van der Waals surface area contributed by atoms with Gasteiger partial charge in [-0.2, -0.15) is 0 Å². The van der Waals surface area contributed by atoms with E-state index in [1.807, 2.05) is 0 Å². The Morgan fingerprint density at radius 1 is 1.13 bits per heavy atom. The molecule has 1 heterocycles. The van der Waals surface area contributed by atoms with Crippen LogP contribution in [-0.2, 0) is 19.1 Å². The maximum absolute atomic E-state index is 13.3. The highest BCUT2D eigenvalue weighted by atomic mass is 35.5. The second kappa shape index (κ2) is 12.0. The molecule has 1 aliphatic heterocycles. The second-order valence-corrected chi connectivity index (χ2v) is 11.1. The van der Waals surface area contributed by atoms with E-state index >= 15 is 0 Å². The number of allylic oxidation sites excluding steroid dienone is 2. The highest BCUT2D eigenvalue weighted by molar-refractivity contribution is 6.29. The molecule has 2 unspecified atom stereocenters. The van der Waals surface area contributed by atoms with Crippen LogP contribution in [0.4, 0.5) is 18.0 Å². The zero-order chi connectivity index (χ0) is 29.0. The summed E-state index contributed by atoms with van der Waals surface area (Å²) in [7, 11) is 1.43. The van der Waals surface area contributed by atoms with Crippen LogP contribution in [0.3, 0.4) is 0 Å². The second-order valence-electron chi connectivity index (χ2n) is 10.5. The number of carbonyl (C=O) groups is 3. The molecule has 0 aromatic heterocycles. The Morgan fingerprint density at radius 3 is 2.41 bits per heavy atom. The van der Waals surface area contributed by atoms with Crippen molar-refractivity contribution in [2.45, 2.75) is 69.5 Å². The third kappa shape index (κ3) is 8.47. The number of nitrogens with zero attached hydrogens (tertiary/aromatic N) is 2. The first-order valence-electron chi connectivity index (χ1n) is 12.5. The molecule has 0 radical (unpaired) electrons. The van der Waals surface area contributed by atoms with Gasteiger partial charge in [0.05, 0.1) is 0 Å². The van der Waals surface area contributed by atoms with Gasteiger partial charge >= 0.3 is 12.5 Å². The van der Waals surface area contributed by atoms with Crippen LogP contribution in [0.25, 0.3) is 5.57 Å². The van der Waals surface area contributed by atoms with Crippen LogP contribution in [0.2, 0.25) is 0 Å². The van der Waals surface area contributed by atoms with Gasteiger partial charge in [0.25, 0.3) is 0 Å². The van der Waals surface area contributed by atoms with Crippen molar-refractivity contribution in [2.24, 2.45) is 0 Å². The summed E-state index contributed by atoms with van der Waals surface area (Å²) < 4.78 is 49.6. The maximum Gasteiger partial charge on any atom is 0.524 e. The lowest BCUT2D eigenvalue weighted by Crippen LogP contribution is -2.54. The van der Waals surface area contributed by atoms with E-state index in [0.717, 1.165) is 4.90 Å². The average Bonchev–Trinajstić information content (AvgIpc) is 2.82. The number of amides is 3. The minimum atomic E-state index is -5.03. The van der Waals surface area contributed by atoms with Gasteiger partial charge in [-0.25, -0.2) is 4.79 Å². The largest absolute Gasteiger partial charge is 0.524 e. The molecule has 2 atom stereocenters. The Hall–Kier alpha value is -3.05. The summed E-state index contributed by atoms with van der Waals surface area (Å²) in [5.41, 5.74) is -0.0862. The first kappa shape index (κ1) is 30.5. The normalized spacial score (nSPS) is 21.9. The quantitative estimate of drug-likeness (QED) is 0.475. The van der Waals surface area contributed by atoms with Crippen molar-refractivity contribution < 1.29 is 37.0 Å². The van der Waals surface area contributed by atoms with E-state index in [2.05, 4.69) is 10.1 Å². The Morgan fingerprint density at radius 2 is 1.79 bits per heavy atom.